The third-order valence-corrected chi connectivity index (χ3v) is 3.44. The Morgan fingerprint density at radius 1 is 1.09 bits per heavy atom. The predicted molar refractivity (Wildman–Crippen MR) is 81.0 cm³/mol. The van der Waals surface area contributed by atoms with Crippen molar-refractivity contribution >= 4 is 11.6 Å². The Morgan fingerprint density at radius 2 is 1.68 bits per heavy atom. The van der Waals surface area contributed by atoms with Gasteiger partial charge in [-0.25, -0.2) is 8.78 Å². The quantitative estimate of drug-likeness (QED) is 0.927. The van der Waals surface area contributed by atoms with E-state index in [0.717, 1.165) is 23.3 Å². The number of hydrogen-bond acceptors (Lipinski definition) is 2. The maximum atomic E-state index is 13.5. The fourth-order valence-corrected chi connectivity index (χ4v) is 1.94. The van der Waals surface area contributed by atoms with Gasteiger partial charge in [0, 0.05) is 0 Å². The van der Waals surface area contributed by atoms with Crippen LogP contribution in [0.4, 0.5) is 14.5 Å². The first-order chi connectivity index (χ1) is 10.4. The molecule has 0 heterocycles. The van der Waals surface area contributed by atoms with Crippen molar-refractivity contribution in [3.8, 4) is 5.75 Å². The summed E-state index contributed by atoms with van der Waals surface area (Å²) in [4.78, 5) is 12.0. The Bertz CT molecular complexity index is 681. The highest BCUT2D eigenvalue weighted by Gasteiger charge is 2.19. The topological polar surface area (TPSA) is 38.3 Å². The molecule has 1 N–H and O–H groups in total. The molecule has 1 amide bonds. The average molecular weight is 305 g/mol. The molecule has 0 saturated heterocycles. The number of aryl methyl sites for hydroxylation is 1. The number of nitrogens with one attached hydrogen (secondary N) is 1. The maximum absolute atomic E-state index is 13.5. The van der Waals surface area contributed by atoms with Crippen LogP contribution >= 0.6 is 0 Å². The number of rotatable bonds is 4. The van der Waals surface area contributed by atoms with Crippen molar-refractivity contribution in [1.29, 1.82) is 0 Å². The zero-order chi connectivity index (χ0) is 16.3. The predicted octanol–water partition coefficient (Wildman–Crippen LogP) is 3.99. The summed E-state index contributed by atoms with van der Waals surface area (Å²) >= 11 is 0. The Kier molecular flexibility index (Phi) is 4.75. The molecule has 0 aliphatic rings. The van der Waals surface area contributed by atoms with Crippen LogP contribution < -0.4 is 10.1 Å². The van der Waals surface area contributed by atoms with Gasteiger partial charge in [-0.3, -0.25) is 4.79 Å². The second-order valence-corrected chi connectivity index (χ2v) is 5.04. The number of amides is 1. The minimum atomic E-state index is -0.889. The van der Waals surface area contributed by atoms with Gasteiger partial charge >= 0.3 is 0 Å². The van der Waals surface area contributed by atoms with Crippen molar-refractivity contribution in [3.05, 3.63) is 59.2 Å². The molecule has 2 aromatic rings. The van der Waals surface area contributed by atoms with E-state index in [9.17, 15) is 13.6 Å². The molecule has 0 bridgehead atoms. The molecule has 2 aromatic carbocycles. The Balaban J connectivity index is 2.11. The molecule has 0 fully saturated rings. The summed E-state index contributed by atoms with van der Waals surface area (Å²) in [6.07, 6.45) is -0.889. The van der Waals surface area contributed by atoms with Gasteiger partial charge in [0.15, 0.2) is 6.10 Å². The summed E-state index contributed by atoms with van der Waals surface area (Å²) in [6, 6.07) is 8.89. The first-order valence-electron chi connectivity index (χ1n) is 6.88. The van der Waals surface area contributed by atoms with Gasteiger partial charge < -0.3 is 10.1 Å². The van der Waals surface area contributed by atoms with Crippen molar-refractivity contribution in [2.75, 3.05) is 5.32 Å². The van der Waals surface area contributed by atoms with Crippen molar-refractivity contribution in [2.45, 2.75) is 26.9 Å². The zero-order valence-corrected chi connectivity index (χ0v) is 12.6. The van der Waals surface area contributed by atoms with Gasteiger partial charge in [-0.1, -0.05) is 18.2 Å². The molecule has 2 rings (SSSR count). The molecular weight excluding hydrogens is 288 g/mol. The van der Waals surface area contributed by atoms with Gasteiger partial charge in [0.2, 0.25) is 0 Å². The van der Waals surface area contributed by atoms with E-state index in [1.165, 1.54) is 13.0 Å². The van der Waals surface area contributed by atoms with E-state index < -0.39 is 29.3 Å². The van der Waals surface area contributed by atoms with Crippen LogP contribution in [0, 0.1) is 25.5 Å². The van der Waals surface area contributed by atoms with Crippen LogP contribution in [0.2, 0.25) is 0 Å². The van der Waals surface area contributed by atoms with E-state index in [1.807, 2.05) is 26.0 Å². The summed E-state index contributed by atoms with van der Waals surface area (Å²) in [5.74, 6) is -1.71. The molecule has 22 heavy (non-hydrogen) atoms. The second kappa shape index (κ2) is 6.56. The molecule has 1 unspecified atom stereocenters. The third kappa shape index (κ3) is 3.42. The first kappa shape index (κ1) is 15.9. The van der Waals surface area contributed by atoms with Crippen LogP contribution in [0.5, 0.6) is 5.75 Å². The van der Waals surface area contributed by atoms with Crippen LogP contribution in [-0.4, -0.2) is 12.0 Å². The highest BCUT2D eigenvalue weighted by atomic mass is 19.1. The SMILES string of the molecule is Cc1cccc(OC(C)C(=O)Nc2c(F)cccc2F)c1C. The third-order valence-electron chi connectivity index (χ3n) is 3.44. The number of para-hydroxylation sites is 1. The fraction of sp³-hybridized carbons (Fsp3) is 0.235. The summed E-state index contributed by atoms with van der Waals surface area (Å²) in [5, 5.41) is 2.22. The fourth-order valence-electron chi connectivity index (χ4n) is 1.94. The summed E-state index contributed by atoms with van der Waals surface area (Å²) in [6.45, 7) is 5.34. The van der Waals surface area contributed by atoms with E-state index in [1.54, 1.807) is 6.07 Å². The van der Waals surface area contributed by atoms with Crippen LogP contribution in [0.1, 0.15) is 18.1 Å². The minimum absolute atomic E-state index is 0.469. The van der Waals surface area contributed by atoms with E-state index >= 15 is 0 Å². The smallest absolute Gasteiger partial charge is 0.265 e. The molecule has 0 aliphatic carbocycles. The molecule has 3 nitrogen and oxygen atoms in total. The normalized spacial score (nSPS) is 11.9. The summed E-state index contributed by atoms with van der Waals surface area (Å²) in [7, 11) is 0. The monoisotopic (exact) mass is 305 g/mol. The van der Waals surface area contributed by atoms with Crippen molar-refractivity contribution in [2.24, 2.45) is 0 Å². The van der Waals surface area contributed by atoms with Crippen molar-refractivity contribution in [3.63, 3.8) is 0 Å². The van der Waals surface area contributed by atoms with Gasteiger partial charge in [-0.05, 0) is 50.1 Å². The number of hydrogen-bond donors (Lipinski definition) is 1. The number of halogens is 2. The number of carbonyl (C=O) groups is 1. The van der Waals surface area contributed by atoms with Crippen molar-refractivity contribution in [1.82, 2.24) is 0 Å². The van der Waals surface area contributed by atoms with Gasteiger partial charge in [-0.15, -0.1) is 0 Å². The van der Waals surface area contributed by atoms with Crippen LogP contribution in [0.15, 0.2) is 36.4 Å². The lowest BCUT2D eigenvalue weighted by Gasteiger charge is -2.17. The molecule has 0 saturated carbocycles. The summed E-state index contributed by atoms with van der Waals surface area (Å²) in [5.41, 5.74) is 1.48. The van der Waals surface area contributed by atoms with E-state index in [2.05, 4.69) is 5.32 Å². The largest absolute Gasteiger partial charge is 0.481 e. The Labute approximate surface area is 127 Å². The second-order valence-electron chi connectivity index (χ2n) is 5.04. The first-order valence-corrected chi connectivity index (χ1v) is 6.88. The van der Waals surface area contributed by atoms with E-state index in [-0.39, 0.29) is 0 Å². The lowest BCUT2D eigenvalue weighted by molar-refractivity contribution is -0.122. The maximum Gasteiger partial charge on any atom is 0.265 e. The van der Waals surface area contributed by atoms with Crippen LogP contribution in [0.25, 0.3) is 0 Å². The highest BCUT2D eigenvalue weighted by molar-refractivity contribution is 5.94. The van der Waals surface area contributed by atoms with Crippen molar-refractivity contribution < 1.29 is 18.3 Å². The van der Waals surface area contributed by atoms with Gasteiger partial charge in [0.25, 0.3) is 5.91 Å². The van der Waals surface area contributed by atoms with Crippen LogP contribution in [0.3, 0.4) is 0 Å². The lowest BCUT2D eigenvalue weighted by Crippen LogP contribution is -2.31. The number of benzene rings is 2. The van der Waals surface area contributed by atoms with Gasteiger partial charge in [0.1, 0.15) is 23.1 Å². The molecule has 0 aliphatic heterocycles. The number of ether oxygens (including phenoxy) is 1. The van der Waals surface area contributed by atoms with Crippen LogP contribution in [-0.2, 0) is 4.79 Å². The molecular formula is C17H17F2NO2. The van der Waals surface area contributed by atoms with Gasteiger partial charge in [0.05, 0.1) is 0 Å². The minimum Gasteiger partial charge on any atom is -0.481 e. The molecule has 5 heteroatoms. The van der Waals surface area contributed by atoms with Gasteiger partial charge in [-0.2, -0.15) is 0 Å². The molecule has 116 valence electrons. The molecule has 0 radical (unpaired) electrons. The molecule has 1 atom stereocenters. The molecule has 0 spiro atoms. The Hall–Kier alpha value is -2.43. The van der Waals surface area contributed by atoms with E-state index in [4.69, 9.17) is 4.74 Å². The average Bonchev–Trinajstić information content (AvgIpc) is 2.47. The highest BCUT2D eigenvalue weighted by Crippen LogP contribution is 2.23. The lowest BCUT2D eigenvalue weighted by atomic mass is 10.1. The zero-order valence-electron chi connectivity index (χ0n) is 12.6. The number of carbonyl (C=O) groups excluding carboxylic acids is 1. The molecule has 0 aromatic heterocycles. The number of anilines is 1. The summed E-state index contributed by atoms with van der Waals surface area (Å²) < 4.78 is 32.6. The Morgan fingerprint density at radius 3 is 2.32 bits per heavy atom. The standard InChI is InChI=1S/C17H17F2NO2/c1-10-6-4-9-15(11(10)2)22-12(3)17(21)20-16-13(18)7-5-8-14(16)19/h4-9,12H,1-3H3,(H,20,21). The van der Waals surface area contributed by atoms with E-state index in [0.29, 0.717) is 5.75 Å².